The van der Waals surface area contributed by atoms with Crippen LogP contribution in [0.2, 0.25) is 0 Å². The molecular formula is C34H51N7O2. The van der Waals surface area contributed by atoms with Crippen molar-refractivity contribution in [2.45, 2.75) is 78.4 Å². The van der Waals surface area contributed by atoms with Crippen LogP contribution in [-0.4, -0.2) is 81.7 Å². The number of carbonyl (C=O) groups excluding carboxylic acids is 1. The standard InChI is InChI=1S/C34H51N7O2/c1-33(2,3)25-40-19-11-34(12-20-40)10-18-39(26-34)16-5-17-41-21-15-35-30(41)23-29(32-36-13-14-37-32)38-24-28-8-6-27(7-9-28)22-31(42)43-4/h6-9,13-15,21,29,38H,5,10-12,16-20,22-26H2,1-4H3,(H,36,37). The van der Waals surface area contributed by atoms with Gasteiger partial charge in [0.05, 0.1) is 19.6 Å². The highest BCUT2D eigenvalue weighted by atomic mass is 16.5. The average molecular weight is 590 g/mol. The second-order valence-corrected chi connectivity index (χ2v) is 13.9. The molecule has 2 aliphatic heterocycles. The van der Waals surface area contributed by atoms with Gasteiger partial charge in [-0.15, -0.1) is 0 Å². The van der Waals surface area contributed by atoms with Gasteiger partial charge in [-0.1, -0.05) is 45.0 Å². The van der Waals surface area contributed by atoms with Gasteiger partial charge in [0.25, 0.3) is 0 Å². The largest absolute Gasteiger partial charge is 0.469 e. The molecule has 2 aliphatic rings. The van der Waals surface area contributed by atoms with Gasteiger partial charge < -0.3 is 29.4 Å². The molecule has 3 aromatic rings. The number of benzene rings is 1. The molecule has 1 atom stereocenters. The van der Waals surface area contributed by atoms with Crippen molar-refractivity contribution in [1.82, 2.24) is 34.6 Å². The number of piperidine rings is 1. The van der Waals surface area contributed by atoms with Crippen molar-refractivity contribution in [1.29, 1.82) is 0 Å². The average Bonchev–Trinajstić information content (AvgIpc) is 3.75. The fraction of sp³-hybridized carbons (Fsp3) is 0.618. The predicted octanol–water partition coefficient (Wildman–Crippen LogP) is 4.62. The Hall–Kier alpha value is -3.01. The number of aromatic nitrogens is 4. The quantitative estimate of drug-likeness (QED) is 0.281. The van der Waals surface area contributed by atoms with Crippen LogP contribution in [-0.2, 0) is 35.5 Å². The summed E-state index contributed by atoms with van der Waals surface area (Å²) in [6.45, 7) is 16.1. The van der Waals surface area contributed by atoms with Gasteiger partial charge in [0.2, 0.25) is 0 Å². The van der Waals surface area contributed by atoms with Gasteiger partial charge in [-0.25, -0.2) is 9.97 Å². The normalized spacial score (nSPS) is 18.3. The number of imidazole rings is 2. The minimum Gasteiger partial charge on any atom is -0.469 e. The number of hydrogen-bond acceptors (Lipinski definition) is 7. The van der Waals surface area contributed by atoms with Crippen LogP contribution < -0.4 is 5.32 Å². The van der Waals surface area contributed by atoms with E-state index in [1.807, 2.05) is 24.5 Å². The Bertz CT molecular complexity index is 1270. The van der Waals surface area contributed by atoms with Crippen LogP contribution in [0.5, 0.6) is 0 Å². The van der Waals surface area contributed by atoms with Gasteiger partial charge in [-0.3, -0.25) is 4.79 Å². The molecule has 0 saturated carbocycles. The number of rotatable bonds is 13. The maximum absolute atomic E-state index is 11.6. The third-order valence-corrected chi connectivity index (χ3v) is 9.19. The molecule has 0 amide bonds. The van der Waals surface area contributed by atoms with E-state index in [1.165, 1.54) is 59.1 Å². The molecule has 0 bridgehead atoms. The summed E-state index contributed by atoms with van der Waals surface area (Å²) in [6.07, 6.45) is 13.9. The Labute approximate surface area is 257 Å². The van der Waals surface area contributed by atoms with Crippen molar-refractivity contribution >= 4 is 5.97 Å². The van der Waals surface area contributed by atoms with Crippen LogP contribution in [0.1, 0.15) is 75.3 Å². The molecule has 1 aromatic carbocycles. The number of nitrogens with zero attached hydrogens (tertiary/aromatic N) is 5. The summed E-state index contributed by atoms with van der Waals surface area (Å²) in [7, 11) is 1.42. The molecule has 5 rings (SSSR count). The maximum atomic E-state index is 11.6. The Morgan fingerprint density at radius 1 is 1.02 bits per heavy atom. The van der Waals surface area contributed by atoms with Crippen LogP contribution in [0, 0.1) is 10.8 Å². The first-order valence-electron chi connectivity index (χ1n) is 16.0. The number of aromatic amines is 1. The summed E-state index contributed by atoms with van der Waals surface area (Å²) in [4.78, 5) is 29.6. The molecule has 0 radical (unpaired) electrons. The summed E-state index contributed by atoms with van der Waals surface area (Å²) < 4.78 is 7.10. The molecule has 1 unspecified atom stereocenters. The first-order valence-corrected chi connectivity index (χ1v) is 16.0. The zero-order valence-electron chi connectivity index (χ0n) is 26.6. The lowest BCUT2D eigenvalue weighted by Crippen LogP contribution is -2.44. The van der Waals surface area contributed by atoms with Crippen molar-refractivity contribution in [3.8, 4) is 0 Å². The monoisotopic (exact) mass is 589 g/mol. The van der Waals surface area contributed by atoms with Gasteiger partial charge in [0, 0.05) is 57.4 Å². The lowest BCUT2D eigenvalue weighted by Gasteiger charge is -2.41. The minimum absolute atomic E-state index is 0.00786. The van der Waals surface area contributed by atoms with Gasteiger partial charge in [-0.2, -0.15) is 0 Å². The lowest BCUT2D eigenvalue weighted by atomic mass is 9.77. The van der Waals surface area contributed by atoms with Gasteiger partial charge in [0.1, 0.15) is 11.6 Å². The molecule has 2 saturated heterocycles. The van der Waals surface area contributed by atoms with E-state index in [9.17, 15) is 4.79 Å². The van der Waals surface area contributed by atoms with Crippen LogP contribution in [0.15, 0.2) is 49.1 Å². The highest BCUT2D eigenvalue weighted by Crippen LogP contribution is 2.40. The smallest absolute Gasteiger partial charge is 0.309 e. The van der Waals surface area contributed by atoms with Gasteiger partial charge in [-0.05, 0) is 73.8 Å². The number of H-pyrrole nitrogens is 1. The minimum atomic E-state index is -0.226. The highest BCUT2D eigenvalue weighted by molar-refractivity contribution is 5.72. The molecule has 1 spiro atoms. The SMILES string of the molecule is COC(=O)Cc1ccc(CNC(Cc2nccn2CCCN2CCC3(CCN(CC(C)(C)C)CC3)C2)c2ncc[nH]2)cc1. The van der Waals surface area contributed by atoms with Crippen molar-refractivity contribution in [3.63, 3.8) is 0 Å². The number of hydrogen-bond donors (Lipinski definition) is 2. The van der Waals surface area contributed by atoms with Crippen molar-refractivity contribution < 1.29 is 9.53 Å². The van der Waals surface area contributed by atoms with Gasteiger partial charge >= 0.3 is 5.97 Å². The number of ether oxygens (including phenoxy) is 1. The van der Waals surface area contributed by atoms with Crippen molar-refractivity contribution in [3.05, 3.63) is 71.8 Å². The molecule has 0 aliphatic carbocycles. The Kier molecular flexibility index (Phi) is 10.4. The lowest BCUT2D eigenvalue weighted by molar-refractivity contribution is -0.139. The van der Waals surface area contributed by atoms with E-state index in [2.05, 4.69) is 68.8 Å². The van der Waals surface area contributed by atoms with E-state index in [-0.39, 0.29) is 18.4 Å². The first kappa shape index (κ1) is 31.4. The van der Waals surface area contributed by atoms with Gasteiger partial charge in [0.15, 0.2) is 0 Å². The third-order valence-electron chi connectivity index (χ3n) is 9.19. The van der Waals surface area contributed by atoms with E-state index in [4.69, 9.17) is 9.72 Å². The second kappa shape index (κ2) is 14.2. The molecule has 4 heterocycles. The molecular weight excluding hydrogens is 538 g/mol. The molecule has 9 heteroatoms. The molecule has 2 aromatic heterocycles. The van der Waals surface area contributed by atoms with E-state index < -0.39 is 0 Å². The summed E-state index contributed by atoms with van der Waals surface area (Å²) in [6, 6.07) is 8.10. The highest BCUT2D eigenvalue weighted by Gasteiger charge is 2.40. The van der Waals surface area contributed by atoms with E-state index in [1.54, 1.807) is 6.20 Å². The van der Waals surface area contributed by atoms with E-state index >= 15 is 0 Å². The van der Waals surface area contributed by atoms with E-state index in [0.717, 1.165) is 48.7 Å². The van der Waals surface area contributed by atoms with Crippen LogP contribution in [0.4, 0.5) is 0 Å². The Morgan fingerprint density at radius 3 is 2.42 bits per heavy atom. The molecule has 2 fully saturated rings. The van der Waals surface area contributed by atoms with E-state index in [0.29, 0.717) is 17.4 Å². The first-order chi connectivity index (χ1) is 20.7. The number of carbonyl (C=O) groups is 1. The summed E-state index contributed by atoms with van der Waals surface area (Å²) in [5.41, 5.74) is 3.02. The maximum Gasteiger partial charge on any atom is 0.309 e. The number of likely N-dealkylation sites (tertiary alicyclic amines) is 2. The molecule has 9 nitrogen and oxygen atoms in total. The number of methoxy groups -OCH3 is 1. The summed E-state index contributed by atoms with van der Waals surface area (Å²) in [5, 5.41) is 3.67. The number of nitrogens with one attached hydrogen (secondary N) is 2. The summed E-state index contributed by atoms with van der Waals surface area (Å²) in [5.74, 6) is 1.76. The third kappa shape index (κ3) is 9.00. The molecule has 2 N–H and O–H groups in total. The van der Waals surface area contributed by atoms with Crippen LogP contribution >= 0.6 is 0 Å². The number of aryl methyl sites for hydroxylation is 1. The fourth-order valence-corrected chi connectivity index (χ4v) is 6.85. The zero-order chi connectivity index (χ0) is 30.3. The second-order valence-electron chi connectivity index (χ2n) is 13.9. The molecule has 43 heavy (non-hydrogen) atoms. The fourth-order valence-electron chi connectivity index (χ4n) is 6.85. The van der Waals surface area contributed by atoms with Crippen molar-refractivity contribution in [2.24, 2.45) is 10.8 Å². The predicted molar refractivity (Wildman–Crippen MR) is 169 cm³/mol. The topological polar surface area (TPSA) is 91.3 Å². The van der Waals surface area contributed by atoms with Crippen LogP contribution in [0.3, 0.4) is 0 Å². The molecule has 234 valence electrons. The zero-order valence-corrected chi connectivity index (χ0v) is 26.6. The number of esters is 1. The summed E-state index contributed by atoms with van der Waals surface area (Å²) >= 11 is 0. The van der Waals surface area contributed by atoms with Crippen molar-refractivity contribution in [2.75, 3.05) is 46.4 Å². The van der Waals surface area contributed by atoms with Crippen LogP contribution in [0.25, 0.3) is 0 Å². The Morgan fingerprint density at radius 2 is 1.74 bits per heavy atom. The Balaban J connectivity index is 1.10.